The molecule has 0 amide bonds. The molecule has 3 aromatic heterocycles. The van der Waals surface area contributed by atoms with E-state index < -0.39 is 12.6 Å². The van der Waals surface area contributed by atoms with Crippen LogP contribution in [0.4, 0.5) is 19.0 Å². The second kappa shape index (κ2) is 6.30. The molecule has 1 aliphatic carbocycles. The van der Waals surface area contributed by atoms with Crippen LogP contribution in [0.3, 0.4) is 0 Å². The fourth-order valence-corrected chi connectivity index (χ4v) is 3.27. The number of nitrogens with one attached hydrogen (secondary N) is 1. The molecule has 0 aliphatic heterocycles. The quantitative estimate of drug-likeness (QED) is 0.768. The van der Waals surface area contributed by atoms with Gasteiger partial charge in [0.25, 0.3) is 0 Å². The van der Waals surface area contributed by atoms with Crippen molar-refractivity contribution in [3.05, 3.63) is 30.4 Å². The number of nitrogens with zero attached hydrogens (tertiary/aromatic N) is 5. The number of halogens is 3. The molecule has 138 valence electrons. The van der Waals surface area contributed by atoms with Crippen LogP contribution >= 0.6 is 0 Å². The Labute approximate surface area is 148 Å². The van der Waals surface area contributed by atoms with Gasteiger partial charge in [0.05, 0.1) is 17.5 Å². The zero-order chi connectivity index (χ0) is 18.3. The van der Waals surface area contributed by atoms with Gasteiger partial charge in [-0.25, -0.2) is 27.8 Å². The third kappa shape index (κ3) is 3.13. The Kier molecular flexibility index (Phi) is 4.08. The fraction of sp³-hybridized carbons (Fsp3) is 0.471. The van der Waals surface area contributed by atoms with E-state index >= 15 is 0 Å². The van der Waals surface area contributed by atoms with E-state index in [1.165, 1.54) is 4.68 Å². The van der Waals surface area contributed by atoms with Gasteiger partial charge in [0.15, 0.2) is 11.6 Å². The molecule has 3 heterocycles. The van der Waals surface area contributed by atoms with E-state index in [0.717, 1.165) is 5.52 Å². The molecule has 1 saturated carbocycles. The monoisotopic (exact) mass is 364 g/mol. The first kappa shape index (κ1) is 16.9. The average Bonchev–Trinajstić information content (AvgIpc) is 3.24. The minimum atomic E-state index is -2.58. The maximum absolute atomic E-state index is 13.4. The molecular formula is C17H19F3N6. The smallest absolute Gasteiger partial charge is 0.248 e. The summed E-state index contributed by atoms with van der Waals surface area (Å²) in [6, 6.07) is 3.32. The van der Waals surface area contributed by atoms with Gasteiger partial charge in [-0.05, 0) is 18.9 Å². The summed E-state index contributed by atoms with van der Waals surface area (Å²) in [5, 5.41) is 7.42. The Bertz CT molecular complexity index is 922. The third-order valence-electron chi connectivity index (χ3n) is 4.77. The minimum absolute atomic E-state index is 0.0818. The highest BCUT2D eigenvalue weighted by atomic mass is 19.3. The molecule has 1 fully saturated rings. The number of hydrogen-bond donors (Lipinski definition) is 1. The Balaban J connectivity index is 1.69. The summed E-state index contributed by atoms with van der Waals surface area (Å²) in [6.45, 7) is -0.650. The number of pyridine rings is 1. The molecule has 9 heteroatoms. The van der Waals surface area contributed by atoms with Gasteiger partial charge in [-0.2, -0.15) is 5.10 Å². The topological polar surface area (TPSA) is 60.6 Å². The minimum Gasteiger partial charge on any atom is -0.365 e. The van der Waals surface area contributed by atoms with E-state index in [9.17, 15) is 13.2 Å². The lowest BCUT2D eigenvalue weighted by molar-refractivity contribution is -0.0361. The SMILES string of the molecule is Cn1cnc2c(NC3CCC(F)(F)CC3)nc(-n3ccc(CF)n3)cc21. The van der Waals surface area contributed by atoms with Gasteiger partial charge >= 0.3 is 0 Å². The average molecular weight is 364 g/mol. The summed E-state index contributed by atoms with van der Waals surface area (Å²) in [4.78, 5) is 8.93. The van der Waals surface area contributed by atoms with Crippen molar-refractivity contribution in [1.82, 2.24) is 24.3 Å². The molecule has 0 unspecified atom stereocenters. The predicted octanol–water partition coefficient (Wildman–Crippen LogP) is 3.61. The zero-order valence-corrected chi connectivity index (χ0v) is 14.3. The maximum atomic E-state index is 13.4. The standard InChI is InChI=1S/C17H19F3N6/c1-25-10-21-15-13(25)8-14(26-7-4-12(9-18)24-26)23-16(15)22-11-2-5-17(19,20)6-3-11/h4,7-8,10-11H,2-3,5-6,9H2,1H3,(H,22,23). The van der Waals surface area contributed by atoms with Crippen molar-refractivity contribution in [3.63, 3.8) is 0 Å². The second-order valence-corrected chi connectivity index (χ2v) is 6.71. The molecule has 1 N–H and O–H groups in total. The van der Waals surface area contributed by atoms with Crippen molar-refractivity contribution in [1.29, 1.82) is 0 Å². The molecule has 0 bridgehead atoms. The largest absolute Gasteiger partial charge is 0.365 e. The van der Waals surface area contributed by atoms with E-state index in [4.69, 9.17) is 0 Å². The van der Waals surface area contributed by atoms with Gasteiger partial charge in [-0.1, -0.05) is 0 Å². The number of aryl methyl sites for hydroxylation is 1. The predicted molar refractivity (Wildman–Crippen MR) is 91.3 cm³/mol. The first-order valence-corrected chi connectivity index (χ1v) is 8.52. The van der Waals surface area contributed by atoms with Crippen LogP contribution in [0.15, 0.2) is 24.7 Å². The van der Waals surface area contributed by atoms with E-state index in [2.05, 4.69) is 20.4 Å². The van der Waals surface area contributed by atoms with Gasteiger partial charge < -0.3 is 9.88 Å². The first-order valence-electron chi connectivity index (χ1n) is 8.52. The number of hydrogen-bond acceptors (Lipinski definition) is 4. The highest BCUT2D eigenvalue weighted by Crippen LogP contribution is 2.35. The maximum Gasteiger partial charge on any atom is 0.248 e. The molecular weight excluding hydrogens is 345 g/mol. The highest BCUT2D eigenvalue weighted by molar-refractivity contribution is 5.87. The lowest BCUT2D eigenvalue weighted by atomic mass is 9.92. The van der Waals surface area contributed by atoms with Gasteiger partial charge in [0.2, 0.25) is 5.92 Å². The van der Waals surface area contributed by atoms with Gasteiger partial charge in [-0.3, -0.25) is 0 Å². The van der Waals surface area contributed by atoms with Crippen LogP contribution in [-0.4, -0.2) is 36.3 Å². The van der Waals surface area contributed by atoms with Crippen molar-refractivity contribution >= 4 is 16.9 Å². The fourth-order valence-electron chi connectivity index (χ4n) is 3.27. The molecule has 0 atom stereocenters. The van der Waals surface area contributed by atoms with Gasteiger partial charge in [-0.15, -0.1) is 0 Å². The number of aromatic nitrogens is 5. The molecule has 0 saturated heterocycles. The Morgan fingerprint density at radius 3 is 2.77 bits per heavy atom. The lowest BCUT2D eigenvalue weighted by Gasteiger charge is -2.29. The van der Waals surface area contributed by atoms with Crippen LogP contribution in [0.5, 0.6) is 0 Å². The molecule has 0 spiro atoms. The Hall–Kier alpha value is -2.58. The van der Waals surface area contributed by atoms with Crippen LogP contribution in [0, 0.1) is 0 Å². The summed E-state index contributed by atoms with van der Waals surface area (Å²) >= 11 is 0. The molecule has 4 rings (SSSR count). The van der Waals surface area contributed by atoms with Crippen molar-refractivity contribution in [2.75, 3.05) is 5.32 Å². The Morgan fingerprint density at radius 1 is 1.31 bits per heavy atom. The lowest BCUT2D eigenvalue weighted by Crippen LogP contribution is -2.32. The van der Waals surface area contributed by atoms with Gasteiger partial charge in [0.1, 0.15) is 12.2 Å². The van der Waals surface area contributed by atoms with Crippen molar-refractivity contribution < 1.29 is 13.2 Å². The van der Waals surface area contributed by atoms with Crippen LogP contribution in [0.2, 0.25) is 0 Å². The number of alkyl halides is 3. The van der Waals surface area contributed by atoms with E-state index in [1.807, 2.05) is 17.7 Å². The number of imidazole rings is 1. The van der Waals surface area contributed by atoms with Crippen LogP contribution in [-0.2, 0) is 13.7 Å². The third-order valence-corrected chi connectivity index (χ3v) is 4.77. The normalized spacial score (nSPS) is 17.7. The molecule has 26 heavy (non-hydrogen) atoms. The zero-order valence-electron chi connectivity index (χ0n) is 14.3. The van der Waals surface area contributed by atoms with Crippen LogP contribution in [0.25, 0.3) is 16.9 Å². The van der Waals surface area contributed by atoms with Crippen molar-refractivity contribution in [3.8, 4) is 5.82 Å². The van der Waals surface area contributed by atoms with E-state index in [-0.39, 0.29) is 18.9 Å². The second-order valence-electron chi connectivity index (χ2n) is 6.71. The highest BCUT2D eigenvalue weighted by Gasteiger charge is 2.35. The molecule has 6 nitrogen and oxygen atoms in total. The molecule has 0 aromatic carbocycles. The summed E-state index contributed by atoms with van der Waals surface area (Å²) in [5.41, 5.74) is 1.82. The van der Waals surface area contributed by atoms with E-state index in [1.54, 1.807) is 18.6 Å². The van der Waals surface area contributed by atoms with Crippen LogP contribution < -0.4 is 5.32 Å². The first-order chi connectivity index (χ1) is 12.4. The Morgan fingerprint density at radius 2 is 2.08 bits per heavy atom. The number of fused-ring (bicyclic) bond motifs is 1. The van der Waals surface area contributed by atoms with Crippen LogP contribution in [0.1, 0.15) is 31.4 Å². The molecule has 1 aliphatic rings. The number of rotatable bonds is 4. The van der Waals surface area contributed by atoms with E-state index in [0.29, 0.717) is 35.7 Å². The van der Waals surface area contributed by atoms with Crippen molar-refractivity contribution in [2.45, 2.75) is 44.3 Å². The summed E-state index contributed by atoms with van der Waals surface area (Å²) in [7, 11) is 1.86. The summed E-state index contributed by atoms with van der Waals surface area (Å²) in [5.74, 6) is -1.53. The summed E-state index contributed by atoms with van der Waals surface area (Å²) < 4.78 is 42.9. The van der Waals surface area contributed by atoms with Gasteiger partial charge in [0, 0.05) is 38.2 Å². The van der Waals surface area contributed by atoms with Crippen molar-refractivity contribution in [2.24, 2.45) is 7.05 Å². The molecule has 3 aromatic rings. The summed E-state index contributed by atoms with van der Waals surface area (Å²) in [6.07, 6.45) is 3.81. The molecule has 0 radical (unpaired) electrons. The number of anilines is 1.